The van der Waals surface area contributed by atoms with Gasteiger partial charge in [-0.1, -0.05) is 44.2 Å². The van der Waals surface area contributed by atoms with Crippen LogP contribution in [0.1, 0.15) is 26.5 Å². The second-order valence-corrected chi connectivity index (χ2v) is 6.28. The number of benzene rings is 1. The van der Waals surface area contributed by atoms with Gasteiger partial charge >= 0.3 is 6.36 Å². The van der Waals surface area contributed by atoms with Crippen LogP contribution in [0.25, 0.3) is 5.57 Å². The van der Waals surface area contributed by atoms with Gasteiger partial charge in [0.25, 0.3) is 5.91 Å². The Morgan fingerprint density at radius 3 is 2.28 bits per heavy atom. The standard InChI is InChI=1S/C21H19ClF3N3O2.C2H6/c1-4-13(10-14(5-2)20(29)26-3)18-11-16(12-19(22)28-18)27-15-6-8-17(9-7-15)30-21(23,24)25;1-2/h4-12H,2H2,1,3H3,(H,26,29)(H,27,28);1-2H3/b13-4+,14-10+;. The van der Waals surface area contributed by atoms with Crippen LogP contribution in [0, 0.1) is 0 Å². The second kappa shape index (κ2) is 12.6. The Morgan fingerprint density at radius 2 is 1.78 bits per heavy atom. The first kappa shape index (κ1) is 26.8. The van der Waals surface area contributed by atoms with E-state index in [4.69, 9.17) is 11.6 Å². The van der Waals surface area contributed by atoms with Crippen LogP contribution < -0.4 is 15.4 Å². The first-order valence-electron chi connectivity index (χ1n) is 9.68. The predicted octanol–water partition coefficient (Wildman–Crippen LogP) is 6.67. The fraction of sp³-hybridized carbons (Fsp3) is 0.217. The van der Waals surface area contributed by atoms with Crippen molar-refractivity contribution >= 4 is 34.5 Å². The first-order chi connectivity index (χ1) is 15.1. The molecule has 9 heteroatoms. The van der Waals surface area contributed by atoms with E-state index in [-0.39, 0.29) is 16.8 Å². The molecule has 32 heavy (non-hydrogen) atoms. The minimum atomic E-state index is -4.75. The van der Waals surface area contributed by atoms with E-state index in [1.165, 1.54) is 37.4 Å². The number of nitrogens with zero attached hydrogens (tertiary/aromatic N) is 1. The lowest BCUT2D eigenvalue weighted by Gasteiger charge is -2.12. The summed E-state index contributed by atoms with van der Waals surface area (Å²) in [6, 6.07) is 8.52. The number of aromatic nitrogens is 1. The number of rotatable bonds is 7. The molecular weight excluding hydrogens is 443 g/mol. The Kier molecular flexibility index (Phi) is 10.5. The molecule has 0 saturated carbocycles. The van der Waals surface area contributed by atoms with Gasteiger partial charge in [-0.15, -0.1) is 13.2 Å². The van der Waals surface area contributed by atoms with Gasteiger partial charge in [0.1, 0.15) is 10.9 Å². The number of carbonyl (C=O) groups excluding carboxylic acids is 1. The highest BCUT2D eigenvalue weighted by molar-refractivity contribution is 6.29. The quantitative estimate of drug-likeness (QED) is 0.271. The molecule has 0 aliphatic rings. The third kappa shape index (κ3) is 8.47. The number of nitrogens with one attached hydrogen (secondary N) is 2. The summed E-state index contributed by atoms with van der Waals surface area (Å²) in [4.78, 5) is 16.2. The molecule has 0 aliphatic carbocycles. The summed E-state index contributed by atoms with van der Waals surface area (Å²) in [7, 11) is 1.51. The average Bonchev–Trinajstić information content (AvgIpc) is 2.75. The van der Waals surface area contributed by atoms with Crippen molar-refractivity contribution in [2.75, 3.05) is 12.4 Å². The number of pyridine rings is 1. The molecule has 172 valence electrons. The molecule has 1 aromatic heterocycles. The Morgan fingerprint density at radius 1 is 1.16 bits per heavy atom. The Labute approximate surface area is 190 Å². The van der Waals surface area contributed by atoms with E-state index >= 15 is 0 Å². The lowest BCUT2D eigenvalue weighted by Crippen LogP contribution is -2.19. The molecule has 0 spiro atoms. The molecule has 0 unspecified atom stereocenters. The van der Waals surface area contributed by atoms with E-state index in [9.17, 15) is 18.0 Å². The van der Waals surface area contributed by atoms with E-state index in [2.05, 4.69) is 26.9 Å². The minimum Gasteiger partial charge on any atom is -0.406 e. The maximum Gasteiger partial charge on any atom is 0.573 e. The summed E-state index contributed by atoms with van der Waals surface area (Å²) >= 11 is 6.13. The maximum atomic E-state index is 12.3. The van der Waals surface area contributed by atoms with Crippen LogP contribution in [0.2, 0.25) is 5.15 Å². The Balaban J connectivity index is 0.00000249. The van der Waals surface area contributed by atoms with Gasteiger partial charge in [0.2, 0.25) is 0 Å². The topological polar surface area (TPSA) is 63.2 Å². The highest BCUT2D eigenvalue weighted by Gasteiger charge is 2.30. The molecule has 2 aromatic rings. The number of carbonyl (C=O) groups is 1. The molecule has 0 bridgehead atoms. The molecule has 0 aliphatic heterocycles. The SMILES string of the molecule is C=C/C(=C\C(=C/C)c1cc(Nc2ccc(OC(F)(F)F)cc2)cc(Cl)n1)C(=O)NC.CC. The van der Waals surface area contributed by atoms with Crippen molar-refractivity contribution < 1.29 is 22.7 Å². The largest absolute Gasteiger partial charge is 0.573 e. The van der Waals surface area contributed by atoms with Gasteiger partial charge in [-0.2, -0.15) is 0 Å². The molecule has 0 radical (unpaired) electrons. The normalized spacial score (nSPS) is 11.8. The number of anilines is 2. The van der Waals surface area contributed by atoms with Gasteiger partial charge in [-0.3, -0.25) is 4.79 Å². The molecule has 1 heterocycles. The molecule has 0 fully saturated rings. The van der Waals surface area contributed by atoms with Gasteiger partial charge in [0.15, 0.2) is 0 Å². The van der Waals surface area contributed by atoms with Crippen molar-refractivity contribution in [3.05, 3.63) is 77.6 Å². The maximum absolute atomic E-state index is 12.3. The van der Waals surface area contributed by atoms with E-state index in [1.54, 1.807) is 31.2 Å². The van der Waals surface area contributed by atoms with E-state index < -0.39 is 6.36 Å². The van der Waals surface area contributed by atoms with Crippen molar-refractivity contribution in [3.63, 3.8) is 0 Å². The minimum absolute atomic E-state index is 0.194. The number of allylic oxidation sites excluding steroid dienone is 3. The number of likely N-dealkylation sites (N-methyl/N-ethyl adjacent to an activating group) is 1. The lowest BCUT2D eigenvalue weighted by molar-refractivity contribution is -0.274. The van der Waals surface area contributed by atoms with Crippen molar-refractivity contribution in [2.45, 2.75) is 27.1 Å². The van der Waals surface area contributed by atoms with Crippen LogP contribution in [0.5, 0.6) is 5.75 Å². The highest BCUT2D eigenvalue weighted by Crippen LogP contribution is 2.28. The van der Waals surface area contributed by atoms with E-state index in [1.807, 2.05) is 13.8 Å². The van der Waals surface area contributed by atoms with Crippen LogP contribution in [0.3, 0.4) is 0 Å². The van der Waals surface area contributed by atoms with Gasteiger partial charge in [0.05, 0.1) is 5.69 Å². The van der Waals surface area contributed by atoms with Gasteiger partial charge < -0.3 is 15.4 Å². The van der Waals surface area contributed by atoms with Crippen LogP contribution in [-0.4, -0.2) is 24.3 Å². The Bertz CT molecular complexity index is 985. The van der Waals surface area contributed by atoms with Crippen molar-refractivity contribution in [1.29, 1.82) is 0 Å². The van der Waals surface area contributed by atoms with Crippen molar-refractivity contribution in [2.24, 2.45) is 0 Å². The van der Waals surface area contributed by atoms with Crippen LogP contribution in [-0.2, 0) is 4.79 Å². The summed E-state index contributed by atoms with van der Waals surface area (Å²) in [5, 5.41) is 5.77. The zero-order valence-electron chi connectivity index (χ0n) is 18.2. The van der Waals surface area contributed by atoms with E-state index in [0.29, 0.717) is 28.2 Å². The summed E-state index contributed by atoms with van der Waals surface area (Å²) in [6.45, 7) is 9.42. The molecule has 1 amide bonds. The molecule has 0 saturated heterocycles. The molecule has 1 aromatic carbocycles. The van der Waals surface area contributed by atoms with Gasteiger partial charge in [-0.25, -0.2) is 4.98 Å². The fourth-order valence-electron chi connectivity index (χ4n) is 2.46. The fourth-order valence-corrected chi connectivity index (χ4v) is 2.67. The third-order valence-electron chi connectivity index (χ3n) is 3.80. The molecular formula is C23H25ClF3N3O2. The number of alkyl halides is 3. The molecule has 5 nitrogen and oxygen atoms in total. The van der Waals surface area contributed by atoms with Gasteiger partial charge in [-0.05, 0) is 55.0 Å². The van der Waals surface area contributed by atoms with Gasteiger partial charge in [0, 0.05) is 24.0 Å². The van der Waals surface area contributed by atoms with Crippen molar-refractivity contribution in [3.8, 4) is 5.75 Å². The number of halogens is 4. The van der Waals surface area contributed by atoms with E-state index in [0.717, 1.165) is 0 Å². The highest BCUT2D eigenvalue weighted by atomic mass is 35.5. The monoisotopic (exact) mass is 467 g/mol. The van der Waals surface area contributed by atoms with Crippen LogP contribution >= 0.6 is 11.6 Å². The molecule has 2 N–H and O–H groups in total. The zero-order valence-corrected chi connectivity index (χ0v) is 18.9. The third-order valence-corrected chi connectivity index (χ3v) is 3.99. The zero-order chi connectivity index (χ0) is 24.3. The predicted molar refractivity (Wildman–Crippen MR) is 123 cm³/mol. The van der Waals surface area contributed by atoms with Crippen LogP contribution in [0.15, 0.2) is 66.8 Å². The van der Waals surface area contributed by atoms with Crippen molar-refractivity contribution in [1.82, 2.24) is 10.3 Å². The number of ether oxygens (including phenoxy) is 1. The number of amides is 1. The first-order valence-corrected chi connectivity index (χ1v) is 10.1. The summed E-state index contributed by atoms with van der Waals surface area (Å²) in [5.41, 5.74) is 2.55. The lowest BCUT2D eigenvalue weighted by atomic mass is 10.1. The number of hydrogen-bond donors (Lipinski definition) is 2. The molecule has 0 atom stereocenters. The molecule has 2 rings (SSSR count). The summed E-state index contributed by atoms with van der Waals surface area (Å²) in [6.07, 6.45) is 0.0597. The van der Waals surface area contributed by atoms with Crippen LogP contribution in [0.4, 0.5) is 24.5 Å². The Hall–Kier alpha value is -3.26. The smallest absolute Gasteiger partial charge is 0.406 e. The average molecular weight is 468 g/mol. The second-order valence-electron chi connectivity index (χ2n) is 5.89. The number of hydrogen-bond acceptors (Lipinski definition) is 4. The summed E-state index contributed by atoms with van der Waals surface area (Å²) < 4.78 is 40.7. The summed E-state index contributed by atoms with van der Waals surface area (Å²) in [5.74, 6) is -0.625.